The lowest BCUT2D eigenvalue weighted by Crippen LogP contribution is -2.41. The first-order chi connectivity index (χ1) is 5.57. The normalized spacial score (nSPS) is 8.92. The molecule has 0 aliphatic carbocycles. The summed E-state index contributed by atoms with van der Waals surface area (Å²) in [6.45, 7) is 2.41. The maximum atomic E-state index is 10.9. The summed E-state index contributed by atoms with van der Waals surface area (Å²) in [6, 6.07) is -0.312. The standard InChI is InChI=1S/C7H15N3O2/c1-4-8-7(12)9-5-6(11)10(2)3/h4-5H2,1-3H3,(H2,8,9,12). The van der Waals surface area contributed by atoms with Gasteiger partial charge < -0.3 is 15.5 Å². The summed E-state index contributed by atoms with van der Waals surface area (Å²) in [5.41, 5.74) is 0. The highest BCUT2D eigenvalue weighted by Gasteiger charge is 2.04. The van der Waals surface area contributed by atoms with Crippen LogP contribution in [0.1, 0.15) is 6.92 Å². The van der Waals surface area contributed by atoms with Crippen molar-refractivity contribution in [1.29, 1.82) is 0 Å². The average molecular weight is 173 g/mol. The molecule has 0 saturated heterocycles. The second kappa shape index (κ2) is 5.40. The molecule has 0 spiro atoms. The van der Waals surface area contributed by atoms with Gasteiger partial charge in [0.15, 0.2) is 0 Å². The van der Waals surface area contributed by atoms with Crippen LogP contribution in [0.5, 0.6) is 0 Å². The van der Waals surface area contributed by atoms with Crippen LogP contribution in [0.4, 0.5) is 4.79 Å². The molecule has 0 heterocycles. The van der Waals surface area contributed by atoms with Crippen LogP contribution < -0.4 is 10.6 Å². The first-order valence-corrected chi connectivity index (χ1v) is 3.79. The van der Waals surface area contributed by atoms with Crippen molar-refractivity contribution < 1.29 is 9.59 Å². The van der Waals surface area contributed by atoms with Crippen LogP contribution in [0.25, 0.3) is 0 Å². The molecular weight excluding hydrogens is 158 g/mol. The van der Waals surface area contributed by atoms with Crippen LogP contribution in [-0.4, -0.2) is 44.0 Å². The van der Waals surface area contributed by atoms with Gasteiger partial charge in [0.25, 0.3) is 0 Å². The number of carbonyl (C=O) groups excluding carboxylic acids is 2. The number of nitrogens with zero attached hydrogens (tertiary/aromatic N) is 1. The van der Waals surface area contributed by atoms with E-state index in [2.05, 4.69) is 10.6 Å². The van der Waals surface area contributed by atoms with Gasteiger partial charge in [-0.1, -0.05) is 0 Å². The molecule has 0 unspecified atom stereocenters. The lowest BCUT2D eigenvalue weighted by molar-refractivity contribution is -0.127. The number of nitrogens with one attached hydrogen (secondary N) is 2. The molecule has 0 rings (SSSR count). The van der Waals surface area contributed by atoms with Crippen molar-refractivity contribution in [3.8, 4) is 0 Å². The molecule has 0 bridgehead atoms. The molecule has 0 aromatic rings. The summed E-state index contributed by atoms with van der Waals surface area (Å²) >= 11 is 0. The third-order valence-corrected chi connectivity index (χ3v) is 1.24. The second-order valence-corrected chi connectivity index (χ2v) is 2.50. The Morgan fingerprint density at radius 3 is 2.25 bits per heavy atom. The molecule has 0 atom stereocenters. The minimum Gasteiger partial charge on any atom is -0.347 e. The summed E-state index contributed by atoms with van der Waals surface area (Å²) in [5, 5.41) is 4.94. The fourth-order valence-corrected chi connectivity index (χ4v) is 0.537. The van der Waals surface area contributed by atoms with E-state index in [9.17, 15) is 9.59 Å². The van der Waals surface area contributed by atoms with Gasteiger partial charge in [-0.25, -0.2) is 4.79 Å². The van der Waals surface area contributed by atoms with E-state index in [1.165, 1.54) is 4.90 Å². The van der Waals surface area contributed by atoms with Crippen LogP contribution in [0.3, 0.4) is 0 Å². The molecule has 0 aromatic heterocycles. The minimum atomic E-state index is -0.312. The summed E-state index contributed by atoms with van der Waals surface area (Å²) in [7, 11) is 3.28. The zero-order chi connectivity index (χ0) is 9.56. The van der Waals surface area contributed by atoms with Crippen molar-refractivity contribution in [3.63, 3.8) is 0 Å². The Morgan fingerprint density at radius 1 is 1.25 bits per heavy atom. The molecule has 3 amide bonds. The highest BCUT2D eigenvalue weighted by Crippen LogP contribution is 1.75. The van der Waals surface area contributed by atoms with Gasteiger partial charge in [0.2, 0.25) is 5.91 Å². The fourth-order valence-electron chi connectivity index (χ4n) is 0.537. The maximum Gasteiger partial charge on any atom is 0.315 e. The Bertz CT molecular complexity index is 168. The predicted octanol–water partition coefficient (Wildman–Crippen LogP) is -0.606. The topological polar surface area (TPSA) is 61.4 Å². The first kappa shape index (κ1) is 10.7. The summed E-state index contributed by atoms with van der Waals surface area (Å²) in [5.74, 6) is -0.124. The molecule has 70 valence electrons. The van der Waals surface area contributed by atoms with Gasteiger partial charge in [-0.2, -0.15) is 0 Å². The quantitative estimate of drug-likeness (QED) is 0.598. The van der Waals surface area contributed by atoms with Gasteiger partial charge in [0.05, 0.1) is 6.54 Å². The smallest absolute Gasteiger partial charge is 0.315 e. The van der Waals surface area contributed by atoms with Crippen molar-refractivity contribution in [2.45, 2.75) is 6.92 Å². The Hall–Kier alpha value is -1.26. The SMILES string of the molecule is CCNC(=O)NCC(=O)N(C)C. The fraction of sp³-hybridized carbons (Fsp3) is 0.714. The van der Waals surface area contributed by atoms with Crippen molar-refractivity contribution in [2.24, 2.45) is 0 Å². The number of likely N-dealkylation sites (N-methyl/N-ethyl adjacent to an activating group) is 1. The van der Waals surface area contributed by atoms with E-state index in [1.807, 2.05) is 6.92 Å². The minimum absolute atomic E-state index is 0.0405. The van der Waals surface area contributed by atoms with E-state index in [-0.39, 0.29) is 18.5 Å². The third kappa shape index (κ3) is 4.54. The van der Waals surface area contributed by atoms with Crippen LogP contribution in [0.2, 0.25) is 0 Å². The lowest BCUT2D eigenvalue weighted by Gasteiger charge is -2.10. The molecule has 5 nitrogen and oxygen atoms in total. The average Bonchev–Trinajstić information content (AvgIpc) is 2.00. The second-order valence-electron chi connectivity index (χ2n) is 2.50. The van der Waals surface area contributed by atoms with Crippen molar-refractivity contribution >= 4 is 11.9 Å². The highest BCUT2D eigenvalue weighted by atomic mass is 16.2. The predicted molar refractivity (Wildman–Crippen MR) is 45.8 cm³/mol. The van der Waals surface area contributed by atoms with Gasteiger partial charge in [-0.3, -0.25) is 4.79 Å². The van der Waals surface area contributed by atoms with Gasteiger partial charge in [-0.05, 0) is 6.92 Å². The Kier molecular flexibility index (Phi) is 4.83. The monoisotopic (exact) mass is 173 g/mol. The number of carbonyl (C=O) groups is 2. The molecule has 0 fully saturated rings. The van der Waals surface area contributed by atoms with Crippen molar-refractivity contribution in [3.05, 3.63) is 0 Å². The largest absolute Gasteiger partial charge is 0.347 e. The van der Waals surface area contributed by atoms with Gasteiger partial charge in [-0.15, -0.1) is 0 Å². The maximum absolute atomic E-state index is 10.9. The first-order valence-electron chi connectivity index (χ1n) is 3.79. The van der Waals surface area contributed by atoms with E-state index in [0.29, 0.717) is 6.54 Å². The molecule has 5 heteroatoms. The zero-order valence-corrected chi connectivity index (χ0v) is 7.68. The number of hydrogen-bond acceptors (Lipinski definition) is 2. The van der Waals surface area contributed by atoms with E-state index >= 15 is 0 Å². The molecule has 0 aliphatic heterocycles. The number of amides is 3. The van der Waals surface area contributed by atoms with E-state index in [0.717, 1.165) is 0 Å². The molecular formula is C7H15N3O2. The lowest BCUT2D eigenvalue weighted by atomic mass is 10.5. The van der Waals surface area contributed by atoms with Crippen LogP contribution in [0, 0.1) is 0 Å². The number of urea groups is 1. The Morgan fingerprint density at radius 2 is 1.83 bits per heavy atom. The van der Waals surface area contributed by atoms with E-state index in [4.69, 9.17) is 0 Å². The highest BCUT2D eigenvalue weighted by molar-refractivity contribution is 5.83. The molecule has 2 N–H and O–H groups in total. The number of rotatable bonds is 3. The summed E-state index contributed by atoms with van der Waals surface area (Å²) in [6.07, 6.45) is 0. The van der Waals surface area contributed by atoms with Gasteiger partial charge in [0.1, 0.15) is 0 Å². The van der Waals surface area contributed by atoms with E-state index < -0.39 is 0 Å². The van der Waals surface area contributed by atoms with E-state index in [1.54, 1.807) is 14.1 Å². The Labute approximate surface area is 72.1 Å². The summed E-state index contributed by atoms with van der Waals surface area (Å²) < 4.78 is 0. The van der Waals surface area contributed by atoms with Crippen LogP contribution >= 0.6 is 0 Å². The molecule has 0 saturated carbocycles. The van der Waals surface area contributed by atoms with Crippen molar-refractivity contribution in [2.75, 3.05) is 27.2 Å². The van der Waals surface area contributed by atoms with Crippen LogP contribution in [0.15, 0.2) is 0 Å². The molecule has 0 aliphatic rings. The molecule has 0 radical (unpaired) electrons. The zero-order valence-electron chi connectivity index (χ0n) is 7.68. The van der Waals surface area contributed by atoms with Crippen LogP contribution in [-0.2, 0) is 4.79 Å². The summed E-state index contributed by atoms with van der Waals surface area (Å²) in [4.78, 5) is 23.1. The van der Waals surface area contributed by atoms with Crippen molar-refractivity contribution in [1.82, 2.24) is 15.5 Å². The Balaban J connectivity index is 3.54. The van der Waals surface area contributed by atoms with Gasteiger partial charge >= 0.3 is 6.03 Å². The third-order valence-electron chi connectivity index (χ3n) is 1.24. The van der Waals surface area contributed by atoms with Gasteiger partial charge in [0, 0.05) is 20.6 Å². The molecule has 0 aromatic carbocycles. The number of hydrogen-bond donors (Lipinski definition) is 2. The molecule has 12 heavy (non-hydrogen) atoms.